The van der Waals surface area contributed by atoms with E-state index in [0.29, 0.717) is 11.3 Å². The van der Waals surface area contributed by atoms with Crippen LogP contribution in [-0.2, 0) is 0 Å². The maximum absolute atomic E-state index is 13.9. The second kappa shape index (κ2) is 6.72. The highest BCUT2D eigenvalue weighted by Crippen LogP contribution is 2.32. The molecule has 0 fully saturated rings. The third-order valence-corrected chi connectivity index (χ3v) is 3.49. The van der Waals surface area contributed by atoms with Gasteiger partial charge in [0, 0.05) is 11.6 Å². The van der Waals surface area contributed by atoms with Crippen molar-refractivity contribution in [2.24, 2.45) is 0 Å². The maximum Gasteiger partial charge on any atom is 0.132 e. The minimum absolute atomic E-state index is 0.0323. The van der Waals surface area contributed by atoms with Crippen molar-refractivity contribution >= 4 is 0 Å². The van der Waals surface area contributed by atoms with Gasteiger partial charge in [-0.2, -0.15) is 0 Å². The van der Waals surface area contributed by atoms with Crippen LogP contribution in [0.4, 0.5) is 4.39 Å². The summed E-state index contributed by atoms with van der Waals surface area (Å²) in [5.41, 5.74) is 2.55. The molecule has 2 nitrogen and oxygen atoms in total. The van der Waals surface area contributed by atoms with Crippen molar-refractivity contribution in [3.63, 3.8) is 0 Å². The molecule has 0 aliphatic carbocycles. The molecule has 0 aliphatic rings. The largest absolute Gasteiger partial charge is 0.457 e. The van der Waals surface area contributed by atoms with Crippen molar-refractivity contribution in [3.05, 3.63) is 58.9 Å². The average Bonchev–Trinajstić information content (AvgIpc) is 2.43. The minimum Gasteiger partial charge on any atom is -0.457 e. The van der Waals surface area contributed by atoms with Crippen molar-refractivity contribution in [1.82, 2.24) is 5.32 Å². The van der Waals surface area contributed by atoms with Gasteiger partial charge in [0.15, 0.2) is 0 Å². The first-order valence-electron chi connectivity index (χ1n) is 7.29. The minimum atomic E-state index is -0.202. The van der Waals surface area contributed by atoms with Crippen LogP contribution in [0.5, 0.6) is 11.5 Å². The number of rotatable bonds is 5. The van der Waals surface area contributed by atoms with Crippen LogP contribution >= 0.6 is 0 Å². The first-order valence-corrected chi connectivity index (χ1v) is 7.29. The molecule has 0 bridgehead atoms. The molecule has 112 valence electrons. The molecule has 3 heteroatoms. The highest BCUT2D eigenvalue weighted by atomic mass is 19.1. The van der Waals surface area contributed by atoms with Crippen LogP contribution in [-0.4, -0.2) is 6.54 Å². The van der Waals surface area contributed by atoms with Crippen LogP contribution in [0.1, 0.15) is 36.6 Å². The normalized spacial score (nSPS) is 12.2. The zero-order valence-corrected chi connectivity index (χ0v) is 13.0. The van der Waals surface area contributed by atoms with E-state index in [0.717, 1.165) is 23.4 Å². The molecule has 2 aromatic carbocycles. The fourth-order valence-corrected chi connectivity index (χ4v) is 2.32. The third kappa shape index (κ3) is 3.82. The molecule has 0 amide bonds. The van der Waals surface area contributed by atoms with Gasteiger partial charge in [-0.15, -0.1) is 0 Å². The molecule has 0 heterocycles. The highest BCUT2D eigenvalue weighted by molar-refractivity contribution is 5.43. The van der Waals surface area contributed by atoms with Gasteiger partial charge in [-0.05, 0) is 62.7 Å². The Hall–Kier alpha value is -1.87. The van der Waals surface area contributed by atoms with Crippen LogP contribution in [0.15, 0.2) is 36.4 Å². The summed E-state index contributed by atoms with van der Waals surface area (Å²) in [4.78, 5) is 0. The summed E-state index contributed by atoms with van der Waals surface area (Å²) in [6.07, 6.45) is 0. The molecule has 0 radical (unpaired) electrons. The van der Waals surface area contributed by atoms with Gasteiger partial charge >= 0.3 is 0 Å². The van der Waals surface area contributed by atoms with Crippen molar-refractivity contribution in [2.45, 2.75) is 33.7 Å². The SMILES string of the molecule is CCNC(C)c1cc(F)c(C)cc1Oc1cccc(C)c1. The van der Waals surface area contributed by atoms with Crippen LogP contribution in [0, 0.1) is 19.7 Å². The van der Waals surface area contributed by atoms with E-state index in [1.807, 2.05) is 45.0 Å². The lowest BCUT2D eigenvalue weighted by Gasteiger charge is -2.19. The Labute approximate surface area is 126 Å². The van der Waals surface area contributed by atoms with Crippen LogP contribution in [0.3, 0.4) is 0 Å². The molecule has 0 spiro atoms. The molecular formula is C18H22FNO. The van der Waals surface area contributed by atoms with E-state index in [2.05, 4.69) is 5.32 Å². The molecule has 21 heavy (non-hydrogen) atoms. The van der Waals surface area contributed by atoms with E-state index in [4.69, 9.17) is 4.74 Å². The number of benzene rings is 2. The predicted octanol–water partition coefficient (Wildman–Crippen LogP) is 4.91. The Morgan fingerprint density at radius 3 is 2.62 bits per heavy atom. The molecule has 0 aromatic heterocycles. The Bertz CT molecular complexity index is 625. The van der Waals surface area contributed by atoms with Crippen molar-refractivity contribution in [3.8, 4) is 11.5 Å². The second-order valence-electron chi connectivity index (χ2n) is 5.34. The summed E-state index contributed by atoms with van der Waals surface area (Å²) in [5.74, 6) is 1.27. The number of hydrogen-bond donors (Lipinski definition) is 1. The highest BCUT2D eigenvalue weighted by Gasteiger charge is 2.15. The summed E-state index contributed by atoms with van der Waals surface area (Å²) in [7, 11) is 0. The molecule has 1 N–H and O–H groups in total. The van der Waals surface area contributed by atoms with E-state index < -0.39 is 0 Å². The summed E-state index contributed by atoms with van der Waals surface area (Å²) in [6, 6.07) is 11.2. The average molecular weight is 287 g/mol. The molecule has 2 rings (SSSR count). The maximum atomic E-state index is 13.9. The van der Waals surface area contributed by atoms with Crippen molar-refractivity contribution in [2.75, 3.05) is 6.54 Å². The number of nitrogens with one attached hydrogen (secondary N) is 1. The number of halogens is 1. The molecule has 2 aromatic rings. The molecule has 0 aliphatic heterocycles. The van der Waals surface area contributed by atoms with Crippen LogP contribution < -0.4 is 10.1 Å². The molecule has 0 saturated carbocycles. The fourth-order valence-electron chi connectivity index (χ4n) is 2.32. The van der Waals surface area contributed by atoms with E-state index in [-0.39, 0.29) is 11.9 Å². The zero-order chi connectivity index (χ0) is 15.4. The topological polar surface area (TPSA) is 21.3 Å². The van der Waals surface area contributed by atoms with Crippen molar-refractivity contribution < 1.29 is 9.13 Å². The molecule has 1 unspecified atom stereocenters. The number of ether oxygens (including phenoxy) is 1. The van der Waals surface area contributed by atoms with Crippen LogP contribution in [0.25, 0.3) is 0 Å². The fraction of sp³-hybridized carbons (Fsp3) is 0.333. The lowest BCUT2D eigenvalue weighted by atomic mass is 10.0. The first kappa shape index (κ1) is 15.5. The zero-order valence-electron chi connectivity index (χ0n) is 13.0. The predicted molar refractivity (Wildman–Crippen MR) is 84.5 cm³/mol. The van der Waals surface area contributed by atoms with Gasteiger partial charge < -0.3 is 10.1 Å². The summed E-state index contributed by atoms with van der Waals surface area (Å²) in [5, 5.41) is 3.30. The Morgan fingerprint density at radius 1 is 1.19 bits per heavy atom. The Kier molecular flexibility index (Phi) is 4.97. The van der Waals surface area contributed by atoms with Gasteiger partial charge in [0.2, 0.25) is 0 Å². The second-order valence-corrected chi connectivity index (χ2v) is 5.34. The summed E-state index contributed by atoms with van der Waals surface area (Å²) in [6.45, 7) is 8.63. The molecule has 0 saturated heterocycles. The third-order valence-electron chi connectivity index (χ3n) is 3.49. The smallest absolute Gasteiger partial charge is 0.132 e. The summed E-state index contributed by atoms with van der Waals surface area (Å²) < 4.78 is 19.9. The Morgan fingerprint density at radius 2 is 1.95 bits per heavy atom. The van der Waals surface area contributed by atoms with E-state index in [1.54, 1.807) is 19.1 Å². The van der Waals surface area contributed by atoms with Gasteiger partial charge in [-0.3, -0.25) is 0 Å². The van der Waals surface area contributed by atoms with Crippen LogP contribution in [0.2, 0.25) is 0 Å². The standard InChI is InChI=1S/C18H22FNO/c1-5-20-14(4)16-11-17(19)13(3)10-18(16)21-15-8-6-7-12(2)9-15/h6-11,14,20H,5H2,1-4H3. The van der Waals surface area contributed by atoms with Gasteiger partial charge in [-0.1, -0.05) is 19.1 Å². The monoisotopic (exact) mass is 287 g/mol. The first-order chi connectivity index (χ1) is 10.0. The quantitative estimate of drug-likeness (QED) is 0.844. The molecule has 1 atom stereocenters. The van der Waals surface area contributed by atoms with E-state index in [9.17, 15) is 4.39 Å². The van der Waals surface area contributed by atoms with Gasteiger partial charge in [-0.25, -0.2) is 4.39 Å². The number of hydrogen-bond acceptors (Lipinski definition) is 2. The van der Waals surface area contributed by atoms with E-state index >= 15 is 0 Å². The van der Waals surface area contributed by atoms with E-state index in [1.165, 1.54) is 0 Å². The van der Waals surface area contributed by atoms with Gasteiger partial charge in [0.25, 0.3) is 0 Å². The summed E-state index contributed by atoms with van der Waals surface area (Å²) >= 11 is 0. The Balaban J connectivity index is 2.39. The van der Waals surface area contributed by atoms with Gasteiger partial charge in [0.1, 0.15) is 17.3 Å². The number of aryl methyl sites for hydroxylation is 2. The van der Waals surface area contributed by atoms with Gasteiger partial charge in [0.05, 0.1) is 0 Å². The lowest BCUT2D eigenvalue weighted by molar-refractivity contribution is 0.458. The van der Waals surface area contributed by atoms with Crippen molar-refractivity contribution in [1.29, 1.82) is 0 Å². The molecular weight excluding hydrogens is 265 g/mol. The lowest BCUT2D eigenvalue weighted by Crippen LogP contribution is -2.18.